The zero-order valence-electron chi connectivity index (χ0n) is 14.8. The summed E-state index contributed by atoms with van der Waals surface area (Å²) < 4.78 is 18.8. The number of ether oxygens (including phenoxy) is 1. The van der Waals surface area contributed by atoms with Crippen molar-refractivity contribution in [3.63, 3.8) is 0 Å². The van der Waals surface area contributed by atoms with Crippen LogP contribution >= 0.6 is 0 Å². The zero-order valence-corrected chi connectivity index (χ0v) is 14.8. The Labute approximate surface area is 151 Å². The Bertz CT molecular complexity index is 838. The van der Waals surface area contributed by atoms with Crippen LogP contribution in [-0.2, 0) is 9.59 Å². The van der Waals surface area contributed by atoms with Gasteiger partial charge in [-0.25, -0.2) is 4.39 Å². The number of rotatable bonds is 5. The van der Waals surface area contributed by atoms with Crippen molar-refractivity contribution in [2.24, 2.45) is 5.92 Å². The molecule has 0 aromatic heterocycles. The molecule has 1 heterocycles. The highest BCUT2D eigenvalue weighted by Gasteiger charge is 2.36. The monoisotopic (exact) mass is 356 g/mol. The van der Waals surface area contributed by atoms with Gasteiger partial charge in [-0.1, -0.05) is 12.1 Å². The number of amides is 2. The van der Waals surface area contributed by atoms with Crippen LogP contribution in [0.15, 0.2) is 42.5 Å². The van der Waals surface area contributed by atoms with Gasteiger partial charge in [0.05, 0.1) is 18.2 Å². The molecule has 6 heteroatoms. The number of nitrogens with zero attached hydrogens (tertiary/aromatic N) is 1. The Morgan fingerprint density at radius 3 is 2.81 bits per heavy atom. The van der Waals surface area contributed by atoms with E-state index in [1.807, 2.05) is 25.1 Å². The van der Waals surface area contributed by atoms with E-state index in [0.29, 0.717) is 29.3 Å². The minimum Gasteiger partial charge on any atom is -0.492 e. The molecule has 2 aromatic rings. The summed E-state index contributed by atoms with van der Waals surface area (Å²) >= 11 is 0. The fraction of sp³-hybridized carbons (Fsp3) is 0.300. The second-order valence-corrected chi connectivity index (χ2v) is 6.25. The van der Waals surface area contributed by atoms with Crippen LogP contribution in [-0.4, -0.2) is 25.0 Å². The first-order valence-corrected chi connectivity index (χ1v) is 8.58. The van der Waals surface area contributed by atoms with Crippen molar-refractivity contribution < 1.29 is 18.7 Å². The van der Waals surface area contributed by atoms with Crippen molar-refractivity contribution in [3.8, 4) is 5.75 Å². The third kappa shape index (κ3) is 3.69. The summed E-state index contributed by atoms with van der Waals surface area (Å²) in [5.41, 5.74) is 1.87. The quantitative estimate of drug-likeness (QED) is 0.892. The smallest absolute Gasteiger partial charge is 0.229 e. The van der Waals surface area contributed by atoms with E-state index in [1.54, 1.807) is 17.9 Å². The first-order chi connectivity index (χ1) is 12.5. The predicted octanol–water partition coefficient (Wildman–Crippen LogP) is 3.52. The molecule has 0 radical (unpaired) electrons. The van der Waals surface area contributed by atoms with Crippen molar-refractivity contribution in [1.82, 2.24) is 0 Å². The molecule has 0 saturated carbocycles. The summed E-state index contributed by atoms with van der Waals surface area (Å²) in [4.78, 5) is 26.6. The molecule has 1 aliphatic heterocycles. The molecule has 0 bridgehead atoms. The number of nitrogens with one attached hydrogen (secondary N) is 1. The Morgan fingerprint density at radius 1 is 1.31 bits per heavy atom. The number of para-hydroxylation sites is 2. The Balaban J connectivity index is 1.74. The van der Waals surface area contributed by atoms with Crippen molar-refractivity contribution in [2.45, 2.75) is 20.3 Å². The van der Waals surface area contributed by atoms with Gasteiger partial charge in [0.25, 0.3) is 0 Å². The number of halogens is 1. The van der Waals surface area contributed by atoms with E-state index in [2.05, 4.69) is 5.32 Å². The number of carbonyl (C=O) groups excluding carboxylic acids is 2. The molecule has 2 aromatic carbocycles. The number of aryl methyl sites for hydroxylation is 1. The van der Waals surface area contributed by atoms with Gasteiger partial charge in [-0.15, -0.1) is 0 Å². The Morgan fingerprint density at radius 2 is 2.08 bits per heavy atom. The largest absolute Gasteiger partial charge is 0.492 e. The highest BCUT2D eigenvalue weighted by molar-refractivity contribution is 6.04. The maximum Gasteiger partial charge on any atom is 0.229 e. The summed E-state index contributed by atoms with van der Waals surface area (Å²) in [5.74, 6) is -0.562. The molecule has 5 nitrogen and oxygen atoms in total. The van der Waals surface area contributed by atoms with E-state index in [4.69, 9.17) is 4.74 Å². The molecule has 0 unspecified atom stereocenters. The van der Waals surface area contributed by atoms with E-state index in [-0.39, 0.29) is 30.6 Å². The molecule has 1 fully saturated rings. The van der Waals surface area contributed by atoms with Crippen LogP contribution in [0.2, 0.25) is 0 Å². The van der Waals surface area contributed by atoms with E-state index in [0.717, 1.165) is 0 Å². The minimum absolute atomic E-state index is 0.117. The molecule has 0 spiro atoms. The summed E-state index contributed by atoms with van der Waals surface area (Å²) in [5, 5.41) is 2.80. The third-order valence-electron chi connectivity index (χ3n) is 4.40. The van der Waals surface area contributed by atoms with Gasteiger partial charge in [-0.05, 0) is 49.7 Å². The highest BCUT2D eigenvalue weighted by Crippen LogP contribution is 2.33. The van der Waals surface area contributed by atoms with Gasteiger partial charge in [-0.2, -0.15) is 0 Å². The maximum absolute atomic E-state index is 13.2. The van der Waals surface area contributed by atoms with Gasteiger partial charge in [0, 0.05) is 18.7 Å². The van der Waals surface area contributed by atoms with Crippen LogP contribution in [0, 0.1) is 18.7 Å². The molecule has 0 aliphatic carbocycles. The van der Waals surface area contributed by atoms with Crippen molar-refractivity contribution >= 4 is 23.2 Å². The second kappa shape index (κ2) is 7.56. The van der Waals surface area contributed by atoms with Crippen LogP contribution in [0.25, 0.3) is 0 Å². The molecule has 1 saturated heterocycles. The SMILES string of the molecule is CCOc1ccccc1N1C[C@H](C(=O)Nc2ccc(F)cc2C)CC1=O. The van der Waals surface area contributed by atoms with Crippen molar-refractivity contribution in [3.05, 3.63) is 53.8 Å². The standard InChI is InChI=1S/C20H21FN2O3/c1-3-26-18-7-5-4-6-17(18)23-12-14(11-19(23)24)20(25)22-16-9-8-15(21)10-13(16)2/h4-10,14H,3,11-12H2,1-2H3,(H,22,25)/t14-/m1/s1. The fourth-order valence-corrected chi connectivity index (χ4v) is 3.08. The molecule has 3 rings (SSSR count). The van der Waals surface area contributed by atoms with E-state index in [1.165, 1.54) is 18.2 Å². The highest BCUT2D eigenvalue weighted by atomic mass is 19.1. The number of carbonyl (C=O) groups is 2. The summed E-state index contributed by atoms with van der Waals surface area (Å²) in [7, 11) is 0. The molecule has 136 valence electrons. The van der Waals surface area contributed by atoms with E-state index < -0.39 is 5.92 Å². The maximum atomic E-state index is 13.2. The van der Waals surface area contributed by atoms with Crippen LogP contribution in [0.4, 0.5) is 15.8 Å². The second-order valence-electron chi connectivity index (χ2n) is 6.25. The van der Waals surface area contributed by atoms with Gasteiger partial charge in [0.15, 0.2) is 0 Å². The van der Waals surface area contributed by atoms with Gasteiger partial charge in [0.1, 0.15) is 11.6 Å². The predicted molar refractivity (Wildman–Crippen MR) is 97.8 cm³/mol. The average molecular weight is 356 g/mol. The molecular formula is C20H21FN2O3. The van der Waals surface area contributed by atoms with Crippen molar-refractivity contribution in [1.29, 1.82) is 0 Å². The molecule has 26 heavy (non-hydrogen) atoms. The van der Waals surface area contributed by atoms with Crippen LogP contribution < -0.4 is 15.0 Å². The van der Waals surface area contributed by atoms with Gasteiger partial charge in [0.2, 0.25) is 11.8 Å². The number of hydrogen-bond acceptors (Lipinski definition) is 3. The first-order valence-electron chi connectivity index (χ1n) is 8.58. The Kier molecular flexibility index (Phi) is 5.21. The normalized spacial score (nSPS) is 16.7. The molecule has 2 amide bonds. The molecular weight excluding hydrogens is 335 g/mol. The first kappa shape index (κ1) is 17.9. The lowest BCUT2D eigenvalue weighted by molar-refractivity contribution is -0.122. The lowest BCUT2D eigenvalue weighted by Gasteiger charge is -2.20. The summed E-state index contributed by atoms with van der Waals surface area (Å²) in [6, 6.07) is 11.5. The Hall–Kier alpha value is -2.89. The van der Waals surface area contributed by atoms with Gasteiger partial charge >= 0.3 is 0 Å². The molecule has 1 aliphatic rings. The number of benzene rings is 2. The number of hydrogen-bond donors (Lipinski definition) is 1. The van der Waals surface area contributed by atoms with Crippen LogP contribution in [0.1, 0.15) is 18.9 Å². The summed E-state index contributed by atoms with van der Waals surface area (Å²) in [6.07, 6.45) is 0.131. The minimum atomic E-state index is -0.471. The van der Waals surface area contributed by atoms with Crippen LogP contribution in [0.5, 0.6) is 5.75 Å². The van der Waals surface area contributed by atoms with Gasteiger partial charge < -0.3 is 15.0 Å². The summed E-state index contributed by atoms with van der Waals surface area (Å²) in [6.45, 7) is 4.38. The molecule has 1 atom stereocenters. The van der Waals surface area contributed by atoms with E-state index >= 15 is 0 Å². The topological polar surface area (TPSA) is 58.6 Å². The third-order valence-corrected chi connectivity index (χ3v) is 4.40. The van der Waals surface area contributed by atoms with Crippen LogP contribution in [0.3, 0.4) is 0 Å². The lowest BCUT2D eigenvalue weighted by Crippen LogP contribution is -2.28. The zero-order chi connectivity index (χ0) is 18.7. The van der Waals surface area contributed by atoms with Crippen molar-refractivity contribution in [2.75, 3.05) is 23.4 Å². The van der Waals surface area contributed by atoms with Gasteiger partial charge in [-0.3, -0.25) is 9.59 Å². The van der Waals surface area contributed by atoms with E-state index in [9.17, 15) is 14.0 Å². The fourth-order valence-electron chi connectivity index (χ4n) is 3.08. The lowest BCUT2D eigenvalue weighted by atomic mass is 10.1. The molecule has 1 N–H and O–H groups in total. The average Bonchev–Trinajstić information content (AvgIpc) is 3.00. The number of anilines is 2.